The van der Waals surface area contributed by atoms with Gasteiger partial charge in [0, 0.05) is 31.7 Å². The smallest absolute Gasteiger partial charge is 0.272 e. The third kappa shape index (κ3) is 3.01. The summed E-state index contributed by atoms with van der Waals surface area (Å²) in [6.07, 6.45) is 0.974. The Morgan fingerprint density at radius 2 is 2.25 bits per heavy atom. The second kappa shape index (κ2) is 6.28. The Balaban J connectivity index is 1.33. The normalized spacial score (nSPS) is 20.0. The highest BCUT2D eigenvalue weighted by atomic mass is 16.5. The topological polar surface area (TPSA) is 59.4 Å². The van der Waals surface area contributed by atoms with Crippen LogP contribution in [0.15, 0.2) is 30.3 Å². The van der Waals surface area contributed by atoms with Gasteiger partial charge in [-0.25, -0.2) is 4.68 Å². The van der Waals surface area contributed by atoms with E-state index in [1.807, 2.05) is 0 Å². The number of benzene rings is 1. The van der Waals surface area contributed by atoms with Gasteiger partial charge in [0.1, 0.15) is 6.61 Å². The number of aryl methyl sites for hydroxylation is 1. The first kappa shape index (κ1) is 15.2. The zero-order chi connectivity index (χ0) is 16.5. The van der Waals surface area contributed by atoms with Gasteiger partial charge in [-0.15, -0.1) is 0 Å². The molecular weight excluding hydrogens is 304 g/mol. The van der Waals surface area contributed by atoms with Crippen molar-refractivity contribution in [3.63, 3.8) is 0 Å². The Morgan fingerprint density at radius 3 is 3.08 bits per heavy atom. The van der Waals surface area contributed by atoms with Crippen molar-refractivity contribution in [1.29, 1.82) is 0 Å². The zero-order valence-electron chi connectivity index (χ0n) is 13.9. The van der Waals surface area contributed by atoms with E-state index in [1.165, 1.54) is 11.1 Å². The van der Waals surface area contributed by atoms with Crippen molar-refractivity contribution in [2.75, 3.05) is 19.7 Å². The minimum Gasteiger partial charge on any atom is -0.476 e. The van der Waals surface area contributed by atoms with Crippen molar-refractivity contribution in [2.24, 2.45) is 0 Å². The molecule has 6 nitrogen and oxygen atoms in total. The molecule has 2 aromatic rings. The van der Waals surface area contributed by atoms with Gasteiger partial charge in [0.05, 0.1) is 6.54 Å². The van der Waals surface area contributed by atoms with Crippen LogP contribution in [0.3, 0.4) is 0 Å². The van der Waals surface area contributed by atoms with Gasteiger partial charge in [-0.1, -0.05) is 24.3 Å². The lowest BCUT2D eigenvalue weighted by molar-refractivity contribution is 0.0931. The Kier molecular flexibility index (Phi) is 3.98. The molecule has 0 bridgehead atoms. The van der Waals surface area contributed by atoms with Gasteiger partial charge in [-0.3, -0.25) is 9.69 Å². The van der Waals surface area contributed by atoms with Crippen LogP contribution in [0.4, 0.5) is 0 Å². The number of nitrogens with zero attached hydrogens (tertiary/aromatic N) is 3. The summed E-state index contributed by atoms with van der Waals surface area (Å²) in [4.78, 5) is 14.8. The molecular formula is C18H22N4O2. The fourth-order valence-electron chi connectivity index (χ4n) is 3.41. The number of likely N-dealkylation sites (tertiary alicyclic amines) is 1. The number of rotatable bonds is 4. The summed E-state index contributed by atoms with van der Waals surface area (Å²) in [5, 5.41) is 7.40. The van der Waals surface area contributed by atoms with Crippen molar-refractivity contribution in [2.45, 2.75) is 32.5 Å². The third-order valence-corrected chi connectivity index (χ3v) is 4.79. The summed E-state index contributed by atoms with van der Waals surface area (Å²) in [6.45, 7) is 6.32. The SMILES string of the molecule is Cc1ccccc1CN1CCC(NC(=O)c2cc3n(n2)CCO3)C1. The fraction of sp³-hybridized carbons (Fsp3) is 0.444. The number of hydrogen-bond donors (Lipinski definition) is 1. The number of hydrogen-bond acceptors (Lipinski definition) is 4. The van der Waals surface area contributed by atoms with Crippen LogP contribution < -0.4 is 10.1 Å². The van der Waals surface area contributed by atoms with E-state index < -0.39 is 0 Å². The molecule has 2 aliphatic rings. The molecule has 0 saturated carbocycles. The first-order valence-corrected chi connectivity index (χ1v) is 8.47. The first-order valence-electron chi connectivity index (χ1n) is 8.47. The zero-order valence-corrected chi connectivity index (χ0v) is 13.9. The molecule has 1 N–H and O–H groups in total. The predicted octanol–water partition coefficient (Wildman–Crippen LogP) is 1.59. The van der Waals surface area contributed by atoms with Gasteiger partial charge < -0.3 is 10.1 Å². The van der Waals surface area contributed by atoms with E-state index in [9.17, 15) is 4.79 Å². The van der Waals surface area contributed by atoms with E-state index in [0.29, 0.717) is 18.2 Å². The molecule has 24 heavy (non-hydrogen) atoms. The molecule has 1 saturated heterocycles. The van der Waals surface area contributed by atoms with E-state index in [4.69, 9.17) is 4.74 Å². The number of aromatic nitrogens is 2. The van der Waals surface area contributed by atoms with Crippen LogP contribution in [0.2, 0.25) is 0 Å². The van der Waals surface area contributed by atoms with Crippen LogP contribution in [-0.4, -0.2) is 46.3 Å². The number of amides is 1. The molecule has 6 heteroatoms. The number of nitrogens with one attached hydrogen (secondary N) is 1. The van der Waals surface area contributed by atoms with Gasteiger partial charge in [0.2, 0.25) is 5.88 Å². The summed E-state index contributed by atoms with van der Waals surface area (Å²) in [6, 6.07) is 10.4. The van der Waals surface area contributed by atoms with Crippen LogP contribution in [0.5, 0.6) is 5.88 Å². The predicted molar refractivity (Wildman–Crippen MR) is 90.0 cm³/mol. The molecule has 0 aliphatic carbocycles. The van der Waals surface area contributed by atoms with Crippen molar-refractivity contribution in [3.8, 4) is 5.88 Å². The maximum Gasteiger partial charge on any atom is 0.272 e. The van der Waals surface area contributed by atoms with Crippen molar-refractivity contribution in [3.05, 3.63) is 47.2 Å². The van der Waals surface area contributed by atoms with E-state index >= 15 is 0 Å². The second-order valence-corrected chi connectivity index (χ2v) is 6.56. The van der Waals surface area contributed by atoms with Gasteiger partial charge >= 0.3 is 0 Å². The minimum absolute atomic E-state index is 0.108. The monoisotopic (exact) mass is 326 g/mol. The highest BCUT2D eigenvalue weighted by Crippen LogP contribution is 2.19. The second-order valence-electron chi connectivity index (χ2n) is 6.56. The lowest BCUT2D eigenvalue weighted by atomic mass is 10.1. The molecule has 1 aromatic carbocycles. The molecule has 0 radical (unpaired) electrons. The molecule has 2 aliphatic heterocycles. The van der Waals surface area contributed by atoms with E-state index in [0.717, 1.165) is 32.6 Å². The summed E-state index contributed by atoms with van der Waals surface area (Å²) >= 11 is 0. The number of carbonyl (C=O) groups excluding carboxylic acids is 1. The molecule has 4 rings (SSSR count). The summed E-state index contributed by atoms with van der Waals surface area (Å²) in [5.74, 6) is 0.580. The molecule has 1 fully saturated rings. The Hall–Kier alpha value is -2.34. The highest BCUT2D eigenvalue weighted by molar-refractivity contribution is 5.92. The van der Waals surface area contributed by atoms with Gasteiger partial charge in [0.25, 0.3) is 5.91 Å². The number of carbonyl (C=O) groups is 1. The molecule has 1 atom stereocenters. The van der Waals surface area contributed by atoms with Crippen LogP contribution in [-0.2, 0) is 13.1 Å². The van der Waals surface area contributed by atoms with Crippen LogP contribution in [0.25, 0.3) is 0 Å². The van der Waals surface area contributed by atoms with E-state index in [1.54, 1.807) is 10.7 Å². The molecule has 3 heterocycles. The fourth-order valence-corrected chi connectivity index (χ4v) is 3.41. The third-order valence-electron chi connectivity index (χ3n) is 4.79. The van der Waals surface area contributed by atoms with Crippen molar-refractivity contribution < 1.29 is 9.53 Å². The van der Waals surface area contributed by atoms with Gasteiger partial charge in [0.15, 0.2) is 5.69 Å². The highest BCUT2D eigenvalue weighted by Gasteiger charge is 2.26. The van der Waals surface area contributed by atoms with Gasteiger partial charge in [-0.05, 0) is 24.5 Å². The lowest BCUT2D eigenvalue weighted by Gasteiger charge is -2.17. The maximum absolute atomic E-state index is 12.4. The minimum atomic E-state index is -0.108. The maximum atomic E-state index is 12.4. The van der Waals surface area contributed by atoms with E-state index in [-0.39, 0.29) is 11.9 Å². The standard InChI is InChI=1S/C18H22N4O2/c1-13-4-2-3-5-14(13)11-21-7-6-15(12-21)19-18(23)16-10-17-22(20-16)8-9-24-17/h2-5,10,15H,6-9,11-12H2,1H3,(H,19,23). The van der Waals surface area contributed by atoms with Crippen LogP contribution in [0.1, 0.15) is 28.0 Å². The number of ether oxygens (including phenoxy) is 1. The van der Waals surface area contributed by atoms with Crippen LogP contribution in [0, 0.1) is 6.92 Å². The molecule has 0 spiro atoms. The summed E-state index contributed by atoms with van der Waals surface area (Å²) in [7, 11) is 0. The Labute approximate surface area is 141 Å². The lowest BCUT2D eigenvalue weighted by Crippen LogP contribution is -2.37. The van der Waals surface area contributed by atoms with Crippen molar-refractivity contribution >= 4 is 5.91 Å². The van der Waals surface area contributed by atoms with E-state index in [2.05, 4.69) is 46.5 Å². The van der Waals surface area contributed by atoms with Crippen LogP contribution >= 0.6 is 0 Å². The van der Waals surface area contributed by atoms with Crippen molar-refractivity contribution in [1.82, 2.24) is 20.0 Å². The largest absolute Gasteiger partial charge is 0.476 e. The first-order chi connectivity index (χ1) is 11.7. The van der Waals surface area contributed by atoms with Gasteiger partial charge in [-0.2, -0.15) is 5.10 Å². The quantitative estimate of drug-likeness (QED) is 0.927. The average Bonchev–Trinajstić information content (AvgIpc) is 3.25. The summed E-state index contributed by atoms with van der Waals surface area (Å²) in [5.41, 5.74) is 3.12. The Bertz CT molecular complexity index is 734. The molecule has 126 valence electrons. The molecule has 1 aromatic heterocycles. The molecule has 1 amide bonds. The summed E-state index contributed by atoms with van der Waals surface area (Å²) < 4.78 is 7.15. The number of fused-ring (bicyclic) bond motifs is 1. The Morgan fingerprint density at radius 1 is 1.38 bits per heavy atom. The molecule has 1 unspecified atom stereocenters. The average molecular weight is 326 g/mol.